The summed E-state index contributed by atoms with van der Waals surface area (Å²) in [6.07, 6.45) is 11.1. The molecule has 3 nitrogen and oxygen atoms in total. The highest BCUT2D eigenvalue weighted by atomic mass is 32.2. The molecule has 0 heterocycles. The van der Waals surface area contributed by atoms with E-state index >= 15 is 0 Å². The molecule has 0 aromatic heterocycles. The van der Waals surface area contributed by atoms with Gasteiger partial charge in [-0.15, -0.1) is 0 Å². The molecule has 0 radical (unpaired) electrons. The number of rotatable bonds is 5. The maximum atomic E-state index is 12.2. The lowest BCUT2D eigenvalue weighted by Gasteiger charge is -2.28. The smallest absolute Gasteiger partial charge is 0.326 e. The highest BCUT2D eigenvalue weighted by Crippen LogP contribution is 2.44. The summed E-state index contributed by atoms with van der Waals surface area (Å²) in [5.41, 5.74) is -0.369. The van der Waals surface area contributed by atoms with Gasteiger partial charge in [-0.05, 0) is 44.9 Å². The number of carbonyl (C=O) groups excluding carboxylic acids is 1. The lowest BCUT2D eigenvalue weighted by Crippen LogP contribution is -2.52. The van der Waals surface area contributed by atoms with E-state index in [9.17, 15) is 4.79 Å². The predicted octanol–water partition coefficient (Wildman–Crippen LogP) is 2.88. The van der Waals surface area contributed by atoms with Gasteiger partial charge in [-0.25, -0.2) is 0 Å². The number of hydrogen-bond acceptors (Lipinski definition) is 4. The summed E-state index contributed by atoms with van der Waals surface area (Å²) in [5, 5.41) is 5.08. The number of esters is 1. The van der Waals surface area contributed by atoms with Crippen molar-refractivity contribution in [1.29, 1.82) is 0 Å². The van der Waals surface area contributed by atoms with Crippen LogP contribution in [-0.2, 0) is 9.53 Å². The van der Waals surface area contributed by atoms with Crippen LogP contribution in [0.4, 0.5) is 0 Å². The summed E-state index contributed by atoms with van der Waals surface area (Å²) in [6, 6.07) is 0.564. The van der Waals surface area contributed by atoms with Crippen LogP contribution in [0.15, 0.2) is 0 Å². The number of methoxy groups -OCH3 is 1. The Kier molecular flexibility index (Phi) is 4.08. The summed E-state index contributed by atoms with van der Waals surface area (Å²) in [7, 11) is 1.52. The number of nitrogens with one attached hydrogen (secondary N) is 1. The van der Waals surface area contributed by atoms with Gasteiger partial charge in [0.2, 0.25) is 0 Å². The third-order valence-corrected chi connectivity index (χ3v) is 6.43. The summed E-state index contributed by atoms with van der Waals surface area (Å²) in [6.45, 7) is 0. The van der Waals surface area contributed by atoms with Gasteiger partial charge < -0.3 is 4.74 Å². The molecule has 0 aromatic rings. The van der Waals surface area contributed by atoms with E-state index in [1.54, 1.807) is 0 Å². The van der Waals surface area contributed by atoms with Crippen molar-refractivity contribution >= 4 is 17.7 Å². The van der Waals surface area contributed by atoms with Crippen LogP contribution in [0, 0.1) is 0 Å². The van der Waals surface area contributed by atoms with Gasteiger partial charge in [0.15, 0.2) is 0 Å². The molecule has 108 valence electrons. The van der Waals surface area contributed by atoms with Crippen molar-refractivity contribution in [2.75, 3.05) is 7.11 Å². The second-order valence-corrected chi connectivity index (χ2v) is 8.01. The van der Waals surface area contributed by atoms with Crippen molar-refractivity contribution in [3.05, 3.63) is 0 Å². The fraction of sp³-hybridized carbons (Fsp3) is 0.933. The third-order valence-electron chi connectivity index (χ3n) is 4.79. The van der Waals surface area contributed by atoms with Crippen molar-refractivity contribution in [2.45, 2.75) is 79.9 Å². The molecule has 0 spiro atoms. The van der Waals surface area contributed by atoms with Crippen LogP contribution in [0.5, 0.6) is 0 Å². The van der Waals surface area contributed by atoms with Gasteiger partial charge in [0, 0.05) is 16.5 Å². The maximum absolute atomic E-state index is 12.2. The normalized spacial score (nSPS) is 35.7. The van der Waals surface area contributed by atoms with Crippen LogP contribution >= 0.6 is 11.8 Å². The van der Waals surface area contributed by atoms with Crippen molar-refractivity contribution in [2.24, 2.45) is 0 Å². The first kappa shape index (κ1) is 13.7. The van der Waals surface area contributed by atoms with Gasteiger partial charge in [0.25, 0.3) is 0 Å². The Morgan fingerprint density at radius 2 is 1.89 bits per heavy atom. The third kappa shape index (κ3) is 3.10. The molecule has 0 bridgehead atoms. The molecule has 2 unspecified atom stereocenters. The zero-order chi connectivity index (χ0) is 13.3. The first-order valence-electron chi connectivity index (χ1n) is 7.73. The molecule has 4 heteroatoms. The molecule has 3 aliphatic carbocycles. The van der Waals surface area contributed by atoms with Crippen molar-refractivity contribution in [3.8, 4) is 0 Å². The van der Waals surface area contributed by atoms with Crippen LogP contribution in [0.2, 0.25) is 0 Å². The minimum Gasteiger partial charge on any atom is -0.468 e. The topological polar surface area (TPSA) is 38.3 Å². The Morgan fingerprint density at radius 1 is 1.16 bits per heavy atom. The molecule has 1 N–H and O–H groups in total. The fourth-order valence-electron chi connectivity index (χ4n) is 3.60. The molecular weight excluding hydrogens is 258 g/mol. The number of carbonyl (C=O) groups is 1. The average Bonchev–Trinajstić information content (AvgIpc) is 2.91. The maximum Gasteiger partial charge on any atom is 0.326 e. The average molecular weight is 283 g/mol. The molecule has 3 aliphatic rings. The summed E-state index contributed by atoms with van der Waals surface area (Å²) < 4.78 is 5.07. The van der Waals surface area contributed by atoms with E-state index in [1.807, 2.05) is 0 Å². The Balaban J connectivity index is 1.60. The molecule has 0 aromatic carbocycles. The minimum atomic E-state index is -0.369. The summed E-state index contributed by atoms with van der Waals surface area (Å²) in [4.78, 5) is 12.2. The van der Waals surface area contributed by atoms with Crippen molar-refractivity contribution in [3.63, 3.8) is 0 Å². The fourth-order valence-corrected chi connectivity index (χ4v) is 5.39. The Hall–Kier alpha value is -0.220. The highest BCUT2D eigenvalue weighted by molar-refractivity contribution is 8.00. The minimum absolute atomic E-state index is 0.0334. The summed E-state index contributed by atoms with van der Waals surface area (Å²) >= 11 is 2.14. The monoisotopic (exact) mass is 283 g/mol. The first-order valence-corrected chi connectivity index (χ1v) is 8.68. The molecular formula is C15H25NO2S. The number of hydrogen-bond donors (Lipinski definition) is 1. The number of thioether (sulfide) groups is 1. The SMILES string of the molecule is COC(=O)C1(NC2CC2)CCC(SC2CCCC2)C1. The van der Waals surface area contributed by atoms with Crippen molar-refractivity contribution < 1.29 is 9.53 Å². The molecule has 0 amide bonds. The van der Waals surface area contributed by atoms with Gasteiger partial charge in [0.1, 0.15) is 5.54 Å². The standard InChI is InChI=1S/C15H25NO2S/c1-18-14(17)15(16-11-6-7-11)9-8-13(10-15)19-12-4-2-3-5-12/h11-13,16H,2-10H2,1H3. The summed E-state index contributed by atoms with van der Waals surface area (Å²) in [5.74, 6) is -0.0334. The van der Waals surface area contributed by atoms with Crippen LogP contribution in [-0.4, -0.2) is 35.2 Å². The van der Waals surface area contributed by atoms with Crippen LogP contribution in [0.25, 0.3) is 0 Å². The van der Waals surface area contributed by atoms with Crippen molar-refractivity contribution in [1.82, 2.24) is 5.32 Å². The Bertz CT molecular complexity index is 339. The van der Waals surface area contributed by atoms with E-state index in [1.165, 1.54) is 45.6 Å². The van der Waals surface area contributed by atoms with Gasteiger partial charge in [0.05, 0.1) is 7.11 Å². The zero-order valence-electron chi connectivity index (χ0n) is 11.8. The zero-order valence-corrected chi connectivity index (χ0v) is 12.6. The van der Waals surface area contributed by atoms with Gasteiger partial charge in [-0.1, -0.05) is 12.8 Å². The van der Waals surface area contributed by atoms with E-state index < -0.39 is 0 Å². The molecule has 0 saturated heterocycles. The van der Waals surface area contributed by atoms with E-state index in [4.69, 9.17) is 4.74 Å². The molecule has 3 saturated carbocycles. The van der Waals surface area contributed by atoms with Crippen LogP contribution < -0.4 is 5.32 Å². The molecule has 0 aliphatic heterocycles. The van der Waals surface area contributed by atoms with Crippen LogP contribution in [0.3, 0.4) is 0 Å². The Morgan fingerprint density at radius 3 is 2.53 bits per heavy atom. The van der Waals surface area contributed by atoms with Gasteiger partial charge in [-0.2, -0.15) is 11.8 Å². The van der Waals surface area contributed by atoms with E-state index in [2.05, 4.69) is 17.1 Å². The van der Waals surface area contributed by atoms with E-state index in [-0.39, 0.29) is 11.5 Å². The lowest BCUT2D eigenvalue weighted by molar-refractivity contribution is -0.148. The number of ether oxygens (including phenoxy) is 1. The van der Waals surface area contributed by atoms with Gasteiger partial charge in [-0.3, -0.25) is 10.1 Å². The molecule has 3 rings (SSSR count). The van der Waals surface area contributed by atoms with Gasteiger partial charge >= 0.3 is 5.97 Å². The largest absolute Gasteiger partial charge is 0.468 e. The lowest BCUT2D eigenvalue weighted by atomic mass is 9.97. The van der Waals surface area contributed by atoms with E-state index in [0.29, 0.717) is 11.3 Å². The molecule has 3 fully saturated rings. The molecule has 2 atom stereocenters. The second-order valence-electron chi connectivity index (χ2n) is 6.40. The quantitative estimate of drug-likeness (QED) is 0.787. The van der Waals surface area contributed by atoms with Crippen LogP contribution in [0.1, 0.15) is 57.8 Å². The second kappa shape index (κ2) is 5.65. The Labute approximate surface area is 120 Å². The highest BCUT2D eigenvalue weighted by Gasteiger charge is 2.49. The van der Waals surface area contributed by atoms with E-state index in [0.717, 1.165) is 24.5 Å². The molecule has 19 heavy (non-hydrogen) atoms. The first-order chi connectivity index (χ1) is 9.22. The predicted molar refractivity (Wildman–Crippen MR) is 78.4 cm³/mol.